The number of hydrogen-bond acceptors (Lipinski definition) is 5. The van der Waals surface area contributed by atoms with E-state index in [9.17, 15) is 9.90 Å². The summed E-state index contributed by atoms with van der Waals surface area (Å²) in [5, 5.41) is 9.51. The molecule has 2 aromatic heterocycles. The molecule has 7 nitrogen and oxygen atoms in total. The molecule has 0 spiro atoms. The number of fused-ring (bicyclic) bond motifs is 1. The van der Waals surface area contributed by atoms with Crippen LogP contribution in [0.25, 0.3) is 11.2 Å². The summed E-state index contributed by atoms with van der Waals surface area (Å²) in [7, 11) is 0. The summed E-state index contributed by atoms with van der Waals surface area (Å²) in [6.45, 7) is 0.712. The molecule has 2 heterocycles. The van der Waals surface area contributed by atoms with E-state index in [1.807, 2.05) is 4.57 Å². The van der Waals surface area contributed by atoms with Gasteiger partial charge in [0.15, 0.2) is 11.2 Å². The van der Waals surface area contributed by atoms with Crippen LogP contribution in [0.2, 0.25) is 0 Å². The largest absolute Gasteiger partial charge is 0.393 e. The van der Waals surface area contributed by atoms with Crippen LogP contribution in [0.1, 0.15) is 19.3 Å². The molecule has 1 aliphatic rings. The van der Waals surface area contributed by atoms with Crippen molar-refractivity contribution in [1.29, 1.82) is 0 Å². The number of nitrogen functional groups attached to an aromatic ring is 1. The second-order valence-electron chi connectivity index (χ2n) is 4.85. The van der Waals surface area contributed by atoms with Crippen LogP contribution in [0.15, 0.2) is 11.1 Å². The number of aliphatic hydroxyl groups is 1. The molecule has 1 fully saturated rings. The molecule has 4 N–H and O–H groups in total. The third kappa shape index (κ3) is 1.86. The minimum Gasteiger partial charge on any atom is -0.393 e. The van der Waals surface area contributed by atoms with Gasteiger partial charge in [0.1, 0.15) is 0 Å². The minimum absolute atomic E-state index is 0.0979. The fourth-order valence-electron chi connectivity index (χ4n) is 2.60. The predicted molar refractivity (Wildman–Crippen MR) is 65.9 cm³/mol. The van der Waals surface area contributed by atoms with Crippen LogP contribution < -0.4 is 11.3 Å². The quantitative estimate of drug-likeness (QED) is 0.686. The van der Waals surface area contributed by atoms with Gasteiger partial charge in [0, 0.05) is 6.54 Å². The highest BCUT2D eigenvalue weighted by Crippen LogP contribution is 2.27. The van der Waals surface area contributed by atoms with Gasteiger partial charge < -0.3 is 15.4 Å². The topological polar surface area (TPSA) is 110 Å². The molecule has 0 aliphatic heterocycles. The van der Waals surface area contributed by atoms with Crippen LogP contribution in [-0.2, 0) is 6.54 Å². The van der Waals surface area contributed by atoms with Crippen molar-refractivity contribution in [3.05, 3.63) is 16.7 Å². The van der Waals surface area contributed by atoms with Crippen LogP contribution in [0.3, 0.4) is 0 Å². The summed E-state index contributed by atoms with van der Waals surface area (Å²) in [4.78, 5) is 22.2. The molecule has 0 radical (unpaired) electrons. The highest BCUT2D eigenvalue weighted by atomic mass is 16.3. The van der Waals surface area contributed by atoms with Crippen molar-refractivity contribution in [2.75, 3.05) is 5.73 Å². The van der Waals surface area contributed by atoms with E-state index < -0.39 is 0 Å². The van der Waals surface area contributed by atoms with Gasteiger partial charge in [-0.2, -0.15) is 4.98 Å². The van der Waals surface area contributed by atoms with Crippen molar-refractivity contribution < 1.29 is 5.11 Å². The highest BCUT2D eigenvalue weighted by molar-refractivity contribution is 5.70. The summed E-state index contributed by atoms with van der Waals surface area (Å²) in [5.41, 5.74) is 6.04. The standard InChI is InChI=1S/C11H15N5O2/c12-11-14-9-8(10(18)15-11)13-5-16(9)4-6-1-2-7(17)3-6/h5-7,17H,1-4H2,(H3,12,14,15,18). The van der Waals surface area contributed by atoms with Gasteiger partial charge in [-0.25, -0.2) is 4.98 Å². The van der Waals surface area contributed by atoms with Gasteiger partial charge in [-0.15, -0.1) is 0 Å². The first kappa shape index (κ1) is 11.2. The van der Waals surface area contributed by atoms with Gasteiger partial charge in [0.25, 0.3) is 5.56 Å². The zero-order valence-electron chi connectivity index (χ0n) is 9.83. The Morgan fingerprint density at radius 1 is 1.56 bits per heavy atom. The molecule has 2 aromatic rings. The Morgan fingerprint density at radius 3 is 3.11 bits per heavy atom. The van der Waals surface area contributed by atoms with Crippen molar-refractivity contribution in [3.8, 4) is 0 Å². The molecule has 2 atom stereocenters. The van der Waals surface area contributed by atoms with Gasteiger partial charge in [-0.3, -0.25) is 9.78 Å². The second kappa shape index (κ2) is 4.09. The lowest BCUT2D eigenvalue weighted by Crippen LogP contribution is -2.14. The molecule has 18 heavy (non-hydrogen) atoms. The van der Waals surface area contributed by atoms with E-state index in [2.05, 4.69) is 15.0 Å². The first-order valence-corrected chi connectivity index (χ1v) is 6.02. The summed E-state index contributed by atoms with van der Waals surface area (Å²) in [6, 6.07) is 0. The van der Waals surface area contributed by atoms with E-state index in [0.29, 0.717) is 23.6 Å². The van der Waals surface area contributed by atoms with Gasteiger partial charge in [0.05, 0.1) is 12.4 Å². The number of hydrogen-bond donors (Lipinski definition) is 3. The molecule has 2 unspecified atom stereocenters. The Labute approximate surface area is 103 Å². The Morgan fingerprint density at radius 2 is 2.39 bits per heavy atom. The van der Waals surface area contributed by atoms with Crippen molar-refractivity contribution in [3.63, 3.8) is 0 Å². The number of H-pyrrole nitrogens is 1. The molecule has 0 amide bonds. The van der Waals surface area contributed by atoms with Crippen LogP contribution in [0, 0.1) is 5.92 Å². The number of nitrogens with one attached hydrogen (secondary N) is 1. The number of rotatable bonds is 2. The van der Waals surface area contributed by atoms with E-state index in [1.54, 1.807) is 6.33 Å². The van der Waals surface area contributed by atoms with Gasteiger partial charge in [-0.05, 0) is 25.2 Å². The third-order valence-corrected chi connectivity index (χ3v) is 3.46. The Balaban J connectivity index is 1.95. The van der Waals surface area contributed by atoms with Gasteiger partial charge in [-0.1, -0.05) is 0 Å². The molecular formula is C11H15N5O2. The normalized spacial score (nSPS) is 23.8. The second-order valence-corrected chi connectivity index (χ2v) is 4.85. The molecule has 0 aromatic carbocycles. The highest BCUT2D eigenvalue weighted by Gasteiger charge is 2.23. The maximum atomic E-state index is 11.6. The lowest BCUT2D eigenvalue weighted by Gasteiger charge is -2.10. The first-order chi connectivity index (χ1) is 8.63. The number of nitrogens with zero attached hydrogens (tertiary/aromatic N) is 3. The molecule has 1 aliphatic carbocycles. The number of anilines is 1. The average Bonchev–Trinajstić information content (AvgIpc) is 2.87. The summed E-state index contributed by atoms with van der Waals surface area (Å²) >= 11 is 0. The zero-order valence-corrected chi connectivity index (χ0v) is 9.83. The predicted octanol–water partition coefficient (Wildman–Crippen LogP) is -0.137. The van der Waals surface area contributed by atoms with E-state index >= 15 is 0 Å². The summed E-state index contributed by atoms with van der Waals surface area (Å²) in [5.74, 6) is 0.500. The monoisotopic (exact) mass is 249 g/mol. The van der Waals surface area contributed by atoms with Crippen LogP contribution in [0.5, 0.6) is 0 Å². The van der Waals surface area contributed by atoms with E-state index in [4.69, 9.17) is 5.73 Å². The number of aliphatic hydroxyl groups excluding tert-OH is 1. The van der Waals surface area contributed by atoms with Crippen molar-refractivity contribution in [1.82, 2.24) is 19.5 Å². The van der Waals surface area contributed by atoms with Crippen LogP contribution >= 0.6 is 0 Å². The van der Waals surface area contributed by atoms with Crippen molar-refractivity contribution >= 4 is 17.1 Å². The number of nitrogens with two attached hydrogens (primary N) is 1. The Hall–Kier alpha value is -1.89. The lowest BCUT2D eigenvalue weighted by atomic mass is 10.1. The maximum absolute atomic E-state index is 11.6. The SMILES string of the molecule is Nc1nc2c(ncn2CC2CCC(O)C2)c(=O)[nH]1. The molecule has 0 bridgehead atoms. The third-order valence-electron chi connectivity index (χ3n) is 3.46. The zero-order chi connectivity index (χ0) is 12.7. The Bertz CT molecular complexity index is 632. The number of imidazole rings is 1. The maximum Gasteiger partial charge on any atom is 0.280 e. The van der Waals surface area contributed by atoms with Gasteiger partial charge in [0.2, 0.25) is 5.95 Å². The van der Waals surface area contributed by atoms with E-state index in [1.165, 1.54) is 0 Å². The van der Waals surface area contributed by atoms with Crippen LogP contribution in [-0.4, -0.2) is 30.7 Å². The minimum atomic E-state index is -0.317. The molecule has 1 saturated carbocycles. The average molecular weight is 249 g/mol. The fraction of sp³-hybridized carbons (Fsp3) is 0.545. The molecule has 7 heteroatoms. The Kier molecular flexibility index (Phi) is 2.55. The number of aromatic nitrogens is 4. The molecule has 3 rings (SSSR count). The smallest absolute Gasteiger partial charge is 0.280 e. The van der Waals surface area contributed by atoms with Crippen molar-refractivity contribution in [2.45, 2.75) is 31.9 Å². The van der Waals surface area contributed by atoms with E-state index in [0.717, 1.165) is 19.3 Å². The van der Waals surface area contributed by atoms with Gasteiger partial charge >= 0.3 is 0 Å². The number of aromatic amines is 1. The fourth-order valence-corrected chi connectivity index (χ4v) is 2.60. The summed E-state index contributed by atoms with van der Waals surface area (Å²) in [6.07, 6.45) is 4.02. The summed E-state index contributed by atoms with van der Waals surface area (Å²) < 4.78 is 1.84. The van der Waals surface area contributed by atoms with E-state index in [-0.39, 0.29) is 17.6 Å². The van der Waals surface area contributed by atoms with Crippen LogP contribution in [0.4, 0.5) is 5.95 Å². The molecule has 0 saturated heterocycles. The molecular weight excluding hydrogens is 234 g/mol. The molecule has 96 valence electrons. The lowest BCUT2D eigenvalue weighted by molar-refractivity contribution is 0.176. The first-order valence-electron chi connectivity index (χ1n) is 6.02. The van der Waals surface area contributed by atoms with Crippen molar-refractivity contribution in [2.24, 2.45) is 5.92 Å².